The van der Waals surface area contributed by atoms with Gasteiger partial charge in [0.25, 0.3) is 5.91 Å². The summed E-state index contributed by atoms with van der Waals surface area (Å²) in [5.74, 6) is 0.498. The fourth-order valence-electron chi connectivity index (χ4n) is 2.80. The third-order valence-corrected chi connectivity index (χ3v) is 4.23. The average Bonchev–Trinajstić information content (AvgIpc) is 3.38. The Morgan fingerprint density at radius 2 is 1.96 bits per heavy atom. The molecule has 0 fully saturated rings. The quantitative estimate of drug-likeness (QED) is 0.528. The lowest BCUT2D eigenvalue weighted by Gasteiger charge is -2.10. The Morgan fingerprint density at radius 3 is 2.67 bits per heavy atom. The number of nitrogens with two attached hydrogens (primary N) is 1. The van der Waals surface area contributed by atoms with Crippen LogP contribution >= 0.6 is 0 Å². The molecule has 2 heterocycles. The third-order valence-electron chi connectivity index (χ3n) is 4.23. The molecule has 0 saturated carbocycles. The minimum absolute atomic E-state index is 0.219. The molecule has 0 spiro atoms. The van der Waals surface area contributed by atoms with Gasteiger partial charge in [0.2, 0.25) is 0 Å². The van der Waals surface area contributed by atoms with Crippen LogP contribution in [0.3, 0.4) is 0 Å². The topological polar surface area (TPSA) is 86.1 Å². The molecule has 134 valence electrons. The van der Waals surface area contributed by atoms with Crippen molar-refractivity contribution in [1.82, 2.24) is 9.78 Å². The van der Waals surface area contributed by atoms with E-state index in [4.69, 9.17) is 10.2 Å². The minimum atomic E-state index is -0.219. The zero-order valence-corrected chi connectivity index (χ0v) is 14.5. The number of rotatable bonds is 5. The number of amides is 1. The first kappa shape index (κ1) is 16.7. The lowest BCUT2D eigenvalue weighted by Crippen LogP contribution is -2.13. The Balaban J connectivity index is 1.49. The molecular formula is C21H18N4O2. The molecular weight excluding hydrogens is 340 g/mol. The second-order valence-electron chi connectivity index (χ2n) is 6.13. The molecule has 6 heteroatoms. The highest BCUT2D eigenvalue weighted by atomic mass is 16.3. The predicted molar refractivity (Wildman–Crippen MR) is 104 cm³/mol. The Morgan fingerprint density at radius 1 is 1.11 bits per heavy atom. The maximum atomic E-state index is 12.6. The summed E-state index contributed by atoms with van der Waals surface area (Å²) >= 11 is 0. The van der Waals surface area contributed by atoms with E-state index in [0.29, 0.717) is 29.2 Å². The molecule has 0 atom stereocenters. The molecule has 0 radical (unpaired) electrons. The summed E-state index contributed by atoms with van der Waals surface area (Å²) in [5.41, 5.74) is 9.53. The van der Waals surface area contributed by atoms with Gasteiger partial charge in [-0.1, -0.05) is 12.1 Å². The summed E-state index contributed by atoms with van der Waals surface area (Å²) in [5, 5.41) is 7.05. The standard InChI is InChI=1S/C21H18N4O2/c22-18-9-8-17(20-3-1-12-27-20)13-19(18)24-21(26)16-6-4-15(5-7-16)14-25-11-2-10-23-25/h1-13H,14,22H2,(H,24,26). The van der Waals surface area contributed by atoms with Gasteiger partial charge in [-0.15, -0.1) is 0 Å². The molecule has 2 aromatic carbocycles. The van der Waals surface area contributed by atoms with Crippen molar-refractivity contribution in [2.75, 3.05) is 11.1 Å². The molecule has 0 aliphatic carbocycles. The Hall–Kier alpha value is -3.80. The van der Waals surface area contributed by atoms with E-state index in [9.17, 15) is 4.79 Å². The van der Waals surface area contributed by atoms with Crippen molar-refractivity contribution in [3.63, 3.8) is 0 Å². The summed E-state index contributed by atoms with van der Waals surface area (Å²) in [6.45, 7) is 0.660. The number of carbonyl (C=O) groups is 1. The lowest BCUT2D eigenvalue weighted by molar-refractivity contribution is 0.102. The van der Waals surface area contributed by atoms with Gasteiger partial charge in [-0.3, -0.25) is 9.48 Å². The second kappa shape index (κ2) is 7.21. The Kier molecular flexibility index (Phi) is 4.45. The molecule has 4 rings (SSSR count). The van der Waals surface area contributed by atoms with Crippen molar-refractivity contribution in [2.45, 2.75) is 6.54 Å². The Labute approximate surface area is 156 Å². The molecule has 0 bridgehead atoms. The van der Waals surface area contributed by atoms with E-state index < -0.39 is 0 Å². The number of furan rings is 1. The van der Waals surface area contributed by atoms with Gasteiger partial charge < -0.3 is 15.5 Å². The van der Waals surface area contributed by atoms with Crippen LogP contribution in [0, 0.1) is 0 Å². The van der Waals surface area contributed by atoms with Gasteiger partial charge in [-0.25, -0.2) is 0 Å². The molecule has 2 aromatic heterocycles. The van der Waals surface area contributed by atoms with Crippen LogP contribution in [-0.2, 0) is 6.54 Å². The van der Waals surface area contributed by atoms with E-state index in [-0.39, 0.29) is 5.91 Å². The van der Waals surface area contributed by atoms with Crippen LogP contribution in [-0.4, -0.2) is 15.7 Å². The van der Waals surface area contributed by atoms with Crippen molar-refractivity contribution in [3.8, 4) is 11.3 Å². The first-order chi connectivity index (χ1) is 13.2. The highest BCUT2D eigenvalue weighted by Gasteiger charge is 2.10. The molecule has 3 N–H and O–H groups in total. The highest BCUT2D eigenvalue weighted by molar-refractivity contribution is 6.06. The molecule has 4 aromatic rings. The monoisotopic (exact) mass is 358 g/mol. The molecule has 0 aliphatic heterocycles. The van der Waals surface area contributed by atoms with Crippen molar-refractivity contribution >= 4 is 17.3 Å². The van der Waals surface area contributed by atoms with Crippen LogP contribution in [0.2, 0.25) is 0 Å². The molecule has 0 saturated heterocycles. The van der Waals surface area contributed by atoms with Crippen LogP contribution in [0.5, 0.6) is 0 Å². The third kappa shape index (κ3) is 3.74. The number of anilines is 2. The summed E-state index contributed by atoms with van der Waals surface area (Å²) in [6.07, 6.45) is 5.24. The number of nitrogens with zero attached hydrogens (tertiary/aromatic N) is 2. The summed E-state index contributed by atoms with van der Waals surface area (Å²) in [7, 11) is 0. The summed E-state index contributed by atoms with van der Waals surface area (Å²) < 4.78 is 7.23. The van der Waals surface area contributed by atoms with E-state index in [2.05, 4.69) is 10.4 Å². The van der Waals surface area contributed by atoms with Crippen molar-refractivity contribution in [1.29, 1.82) is 0 Å². The number of nitrogens with one attached hydrogen (secondary N) is 1. The van der Waals surface area contributed by atoms with Crippen molar-refractivity contribution < 1.29 is 9.21 Å². The van der Waals surface area contributed by atoms with E-state index in [1.165, 1.54) is 0 Å². The van der Waals surface area contributed by atoms with Crippen LogP contribution in [0.15, 0.2) is 83.7 Å². The smallest absolute Gasteiger partial charge is 0.255 e. The highest BCUT2D eigenvalue weighted by Crippen LogP contribution is 2.28. The number of hydrogen-bond acceptors (Lipinski definition) is 4. The Bertz CT molecular complexity index is 1040. The largest absolute Gasteiger partial charge is 0.464 e. The summed E-state index contributed by atoms with van der Waals surface area (Å²) in [6, 6.07) is 18.4. The number of carbonyl (C=O) groups excluding carboxylic acids is 1. The number of hydrogen-bond donors (Lipinski definition) is 2. The zero-order valence-electron chi connectivity index (χ0n) is 14.5. The van der Waals surface area contributed by atoms with Gasteiger partial charge in [-0.05, 0) is 54.1 Å². The molecule has 27 heavy (non-hydrogen) atoms. The second-order valence-corrected chi connectivity index (χ2v) is 6.13. The fraction of sp³-hybridized carbons (Fsp3) is 0.0476. The zero-order chi connectivity index (χ0) is 18.6. The van der Waals surface area contributed by atoms with Gasteiger partial charge in [0.1, 0.15) is 5.76 Å². The van der Waals surface area contributed by atoms with Gasteiger partial charge in [0.15, 0.2) is 0 Å². The lowest BCUT2D eigenvalue weighted by atomic mass is 10.1. The van der Waals surface area contributed by atoms with Gasteiger partial charge in [0.05, 0.1) is 24.2 Å². The van der Waals surface area contributed by atoms with Crippen LogP contribution in [0.25, 0.3) is 11.3 Å². The van der Waals surface area contributed by atoms with Crippen molar-refractivity contribution in [3.05, 3.63) is 90.4 Å². The molecule has 6 nitrogen and oxygen atoms in total. The van der Waals surface area contributed by atoms with Crippen LogP contribution in [0.4, 0.5) is 11.4 Å². The van der Waals surface area contributed by atoms with E-state index >= 15 is 0 Å². The maximum Gasteiger partial charge on any atom is 0.255 e. The molecule has 1 amide bonds. The van der Waals surface area contributed by atoms with Crippen LogP contribution in [0.1, 0.15) is 15.9 Å². The first-order valence-corrected chi connectivity index (χ1v) is 8.50. The first-order valence-electron chi connectivity index (χ1n) is 8.50. The number of benzene rings is 2. The van der Waals surface area contributed by atoms with E-state index in [0.717, 1.165) is 11.1 Å². The maximum absolute atomic E-state index is 12.6. The van der Waals surface area contributed by atoms with Gasteiger partial charge >= 0.3 is 0 Å². The van der Waals surface area contributed by atoms with Gasteiger partial charge in [0, 0.05) is 23.5 Å². The summed E-state index contributed by atoms with van der Waals surface area (Å²) in [4.78, 5) is 12.6. The minimum Gasteiger partial charge on any atom is -0.464 e. The number of aromatic nitrogens is 2. The molecule has 0 aliphatic rings. The SMILES string of the molecule is Nc1ccc(-c2ccco2)cc1NC(=O)c1ccc(Cn2cccn2)cc1. The van der Waals surface area contributed by atoms with Gasteiger partial charge in [-0.2, -0.15) is 5.10 Å². The average molecular weight is 358 g/mol. The predicted octanol–water partition coefficient (Wildman–Crippen LogP) is 4.03. The van der Waals surface area contributed by atoms with E-state index in [1.807, 2.05) is 47.3 Å². The van der Waals surface area contributed by atoms with Crippen molar-refractivity contribution in [2.24, 2.45) is 0 Å². The van der Waals surface area contributed by atoms with Crippen LogP contribution < -0.4 is 11.1 Å². The van der Waals surface area contributed by atoms with E-state index in [1.54, 1.807) is 36.7 Å². The number of nitrogen functional groups attached to an aromatic ring is 1. The molecule has 0 unspecified atom stereocenters. The fourth-order valence-corrected chi connectivity index (χ4v) is 2.80. The normalized spacial score (nSPS) is 10.7.